The molecule has 0 N–H and O–H groups in total. The molecular formula is C18H24ClNO2. The lowest BCUT2D eigenvalue weighted by Gasteiger charge is -2.37. The van der Waals surface area contributed by atoms with Gasteiger partial charge in [-0.2, -0.15) is 0 Å². The van der Waals surface area contributed by atoms with Gasteiger partial charge in [0.15, 0.2) is 0 Å². The minimum absolute atomic E-state index is 0. The zero-order valence-corrected chi connectivity index (χ0v) is 14.2. The van der Waals surface area contributed by atoms with Crippen LogP contribution < -0.4 is 9.47 Å². The zero-order chi connectivity index (χ0) is 14.6. The molecule has 2 aliphatic carbocycles. The Morgan fingerprint density at radius 3 is 2.41 bits per heavy atom. The van der Waals surface area contributed by atoms with Crippen LogP contribution in [0.2, 0.25) is 0 Å². The van der Waals surface area contributed by atoms with Crippen LogP contribution >= 0.6 is 12.4 Å². The standard InChI is InChI=1S/C18H23NO2.ClH/c1-19-10-17-12-4-5-13(6-12)18(17,11-19)14-7-15(20-2)9-16(8-14)21-3;/h4-5,7-9,12-13,17H,6,10-11H2,1-3H3;1H. The number of rotatable bonds is 3. The highest BCUT2D eigenvalue weighted by molar-refractivity contribution is 5.85. The number of benzene rings is 1. The molecule has 3 nitrogen and oxygen atoms in total. The van der Waals surface area contributed by atoms with Gasteiger partial charge in [0.25, 0.3) is 0 Å². The van der Waals surface area contributed by atoms with Crippen LogP contribution in [0.15, 0.2) is 30.4 Å². The first-order valence-electron chi connectivity index (χ1n) is 7.78. The van der Waals surface area contributed by atoms with Crippen LogP contribution in [0.25, 0.3) is 0 Å². The second-order valence-corrected chi connectivity index (χ2v) is 6.84. The van der Waals surface area contributed by atoms with Crippen molar-refractivity contribution in [1.29, 1.82) is 0 Å². The lowest BCUT2D eigenvalue weighted by Crippen LogP contribution is -2.39. The summed E-state index contributed by atoms with van der Waals surface area (Å²) in [5.41, 5.74) is 1.64. The summed E-state index contributed by atoms with van der Waals surface area (Å²) in [7, 11) is 5.71. The third-order valence-electron chi connectivity index (χ3n) is 5.89. The first-order valence-corrected chi connectivity index (χ1v) is 7.78. The molecule has 0 radical (unpaired) electrons. The van der Waals surface area contributed by atoms with Crippen LogP contribution in [0, 0.1) is 17.8 Å². The first kappa shape index (κ1) is 15.7. The largest absolute Gasteiger partial charge is 0.497 e. The summed E-state index contributed by atoms with van der Waals surface area (Å²) in [5, 5.41) is 0. The number of likely N-dealkylation sites (tertiary alicyclic amines) is 1. The van der Waals surface area contributed by atoms with E-state index in [1.54, 1.807) is 14.2 Å². The number of fused-ring (bicyclic) bond motifs is 5. The van der Waals surface area contributed by atoms with E-state index in [4.69, 9.17) is 9.47 Å². The van der Waals surface area contributed by atoms with Gasteiger partial charge in [0.2, 0.25) is 0 Å². The first-order chi connectivity index (χ1) is 10.2. The minimum Gasteiger partial charge on any atom is -0.497 e. The molecule has 4 rings (SSSR count). The number of hydrogen-bond donors (Lipinski definition) is 0. The van der Waals surface area contributed by atoms with Crippen LogP contribution in [0.3, 0.4) is 0 Å². The van der Waals surface area contributed by atoms with E-state index in [1.807, 2.05) is 6.07 Å². The SMILES string of the molecule is COc1cc(OC)cc(C23CN(C)CC2C2C=CC3C2)c1.Cl. The third-order valence-corrected chi connectivity index (χ3v) is 5.89. The molecule has 4 heteroatoms. The quantitative estimate of drug-likeness (QED) is 0.798. The fourth-order valence-corrected chi connectivity index (χ4v) is 5.04. The van der Waals surface area contributed by atoms with Gasteiger partial charge in [0.1, 0.15) is 11.5 Å². The van der Waals surface area contributed by atoms with Gasteiger partial charge in [-0.15, -0.1) is 12.4 Å². The van der Waals surface area contributed by atoms with Gasteiger partial charge in [-0.3, -0.25) is 0 Å². The Bertz CT molecular complexity index is 580. The predicted molar refractivity (Wildman–Crippen MR) is 90.2 cm³/mol. The highest BCUT2D eigenvalue weighted by Crippen LogP contribution is 2.60. The average Bonchev–Trinajstić information content (AvgIpc) is 3.17. The molecule has 1 heterocycles. The summed E-state index contributed by atoms with van der Waals surface area (Å²) in [6.07, 6.45) is 6.22. The second kappa shape index (κ2) is 5.47. The molecule has 0 amide bonds. The van der Waals surface area contributed by atoms with Crippen molar-refractivity contribution in [2.75, 3.05) is 34.4 Å². The number of likely N-dealkylation sites (N-methyl/N-ethyl adjacent to an activating group) is 1. The van der Waals surface area contributed by atoms with Crippen LogP contribution in [-0.4, -0.2) is 39.3 Å². The summed E-state index contributed by atoms with van der Waals surface area (Å²) >= 11 is 0. The van der Waals surface area contributed by atoms with Crippen LogP contribution in [-0.2, 0) is 5.41 Å². The van der Waals surface area contributed by atoms with E-state index in [2.05, 4.69) is 36.2 Å². The number of halogens is 1. The van der Waals surface area contributed by atoms with Gasteiger partial charge in [0, 0.05) is 24.6 Å². The molecule has 1 aromatic rings. The van der Waals surface area contributed by atoms with Crippen molar-refractivity contribution in [3.8, 4) is 11.5 Å². The summed E-state index contributed by atoms with van der Waals surface area (Å²) in [5.74, 6) is 3.94. The third kappa shape index (κ3) is 1.99. The van der Waals surface area contributed by atoms with E-state index in [0.29, 0.717) is 5.92 Å². The van der Waals surface area contributed by atoms with E-state index in [-0.39, 0.29) is 17.8 Å². The topological polar surface area (TPSA) is 21.7 Å². The molecule has 0 spiro atoms. The van der Waals surface area contributed by atoms with Crippen molar-refractivity contribution >= 4 is 12.4 Å². The van der Waals surface area contributed by atoms with Crippen molar-refractivity contribution in [2.24, 2.45) is 17.8 Å². The summed E-state index contributed by atoms with van der Waals surface area (Å²) in [4.78, 5) is 2.49. The average molecular weight is 322 g/mol. The molecule has 3 aliphatic rings. The van der Waals surface area contributed by atoms with Gasteiger partial charge < -0.3 is 14.4 Å². The number of allylic oxidation sites excluding steroid dienone is 2. The van der Waals surface area contributed by atoms with Crippen molar-refractivity contribution in [1.82, 2.24) is 4.90 Å². The lowest BCUT2D eigenvalue weighted by atomic mass is 9.66. The highest BCUT2D eigenvalue weighted by Gasteiger charge is 2.60. The Balaban J connectivity index is 0.00000144. The van der Waals surface area contributed by atoms with Gasteiger partial charge >= 0.3 is 0 Å². The Morgan fingerprint density at radius 1 is 1.09 bits per heavy atom. The molecule has 1 aromatic carbocycles. The molecule has 1 saturated heterocycles. The van der Waals surface area contributed by atoms with E-state index in [9.17, 15) is 0 Å². The molecule has 1 saturated carbocycles. The molecule has 2 fully saturated rings. The minimum atomic E-state index is 0. The number of ether oxygens (including phenoxy) is 2. The fraction of sp³-hybridized carbons (Fsp3) is 0.556. The molecule has 1 aliphatic heterocycles. The maximum atomic E-state index is 5.50. The second-order valence-electron chi connectivity index (χ2n) is 6.84. The summed E-state index contributed by atoms with van der Waals surface area (Å²) in [6.45, 7) is 2.34. The van der Waals surface area contributed by atoms with Crippen LogP contribution in [0.5, 0.6) is 11.5 Å². The lowest BCUT2D eigenvalue weighted by molar-refractivity contribution is 0.304. The van der Waals surface area contributed by atoms with Crippen LogP contribution in [0.1, 0.15) is 12.0 Å². The normalized spacial score (nSPS) is 35.3. The Kier molecular flexibility index (Phi) is 3.90. The zero-order valence-electron chi connectivity index (χ0n) is 13.4. The maximum Gasteiger partial charge on any atom is 0.122 e. The Hall–Kier alpha value is -1.19. The molecule has 2 bridgehead atoms. The van der Waals surface area contributed by atoms with Gasteiger partial charge in [-0.1, -0.05) is 12.2 Å². The summed E-state index contributed by atoms with van der Waals surface area (Å²) in [6, 6.07) is 6.42. The smallest absolute Gasteiger partial charge is 0.122 e. The van der Waals surface area contributed by atoms with E-state index in [0.717, 1.165) is 29.9 Å². The monoisotopic (exact) mass is 321 g/mol. The molecule has 0 aromatic heterocycles. The Morgan fingerprint density at radius 2 is 1.77 bits per heavy atom. The van der Waals surface area contributed by atoms with Crippen molar-refractivity contribution in [3.05, 3.63) is 35.9 Å². The molecule has 4 unspecified atom stereocenters. The van der Waals surface area contributed by atoms with Crippen molar-refractivity contribution < 1.29 is 9.47 Å². The number of nitrogens with zero attached hydrogens (tertiary/aromatic N) is 1. The molecule has 22 heavy (non-hydrogen) atoms. The van der Waals surface area contributed by atoms with E-state index < -0.39 is 0 Å². The molecule has 4 atom stereocenters. The molecule has 120 valence electrons. The van der Waals surface area contributed by atoms with Crippen molar-refractivity contribution in [2.45, 2.75) is 11.8 Å². The van der Waals surface area contributed by atoms with Crippen molar-refractivity contribution in [3.63, 3.8) is 0 Å². The van der Waals surface area contributed by atoms with Gasteiger partial charge in [-0.25, -0.2) is 0 Å². The van der Waals surface area contributed by atoms with Gasteiger partial charge in [-0.05, 0) is 48.9 Å². The molecular weight excluding hydrogens is 298 g/mol. The van der Waals surface area contributed by atoms with Gasteiger partial charge in [0.05, 0.1) is 14.2 Å². The van der Waals surface area contributed by atoms with E-state index >= 15 is 0 Å². The van der Waals surface area contributed by atoms with Crippen LogP contribution in [0.4, 0.5) is 0 Å². The number of methoxy groups -OCH3 is 2. The maximum absolute atomic E-state index is 5.50. The fourth-order valence-electron chi connectivity index (χ4n) is 5.04. The van der Waals surface area contributed by atoms with E-state index in [1.165, 1.54) is 18.5 Å². The summed E-state index contributed by atoms with van der Waals surface area (Å²) < 4.78 is 11.0. The predicted octanol–water partition coefficient (Wildman–Crippen LogP) is 3.13. The number of hydrogen-bond acceptors (Lipinski definition) is 3. The highest BCUT2D eigenvalue weighted by atomic mass is 35.5. The Labute approximate surface area is 138 Å².